The average molecular weight is 369 g/mol. The summed E-state index contributed by atoms with van der Waals surface area (Å²) in [5, 5.41) is 9.96. The van der Waals surface area contributed by atoms with E-state index in [0.717, 1.165) is 43.7 Å². The zero-order valence-corrected chi connectivity index (χ0v) is 16.0. The first-order valence-electron chi connectivity index (χ1n) is 9.31. The highest BCUT2D eigenvalue weighted by molar-refractivity contribution is 5.77. The molecule has 0 amide bonds. The summed E-state index contributed by atoms with van der Waals surface area (Å²) < 4.78 is 5.45. The van der Waals surface area contributed by atoms with Crippen LogP contribution in [-0.4, -0.2) is 59.1 Å². The summed E-state index contributed by atoms with van der Waals surface area (Å²) in [7, 11) is 1.59. The van der Waals surface area contributed by atoms with Gasteiger partial charge >= 0.3 is 5.97 Å². The third-order valence-electron chi connectivity index (χ3n) is 5.06. The lowest BCUT2D eigenvalue weighted by Crippen LogP contribution is -2.37. The summed E-state index contributed by atoms with van der Waals surface area (Å²) in [5.41, 5.74) is 2.99. The van der Waals surface area contributed by atoms with Crippen LogP contribution in [0.25, 0.3) is 0 Å². The number of pyridine rings is 1. The molecule has 6 heteroatoms. The quantitative estimate of drug-likeness (QED) is 0.845. The molecule has 1 saturated heterocycles. The van der Waals surface area contributed by atoms with Crippen molar-refractivity contribution in [3.8, 4) is 5.75 Å². The van der Waals surface area contributed by atoms with E-state index in [1.165, 1.54) is 5.56 Å². The van der Waals surface area contributed by atoms with Gasteiger partial charge in [0.25, 0.3) is 0 Å². The van der Waals surface area contributed by atoms with Crippen LogP contribution >= 0.6 is 0 Å². The van der Waals surface area contributed by atoms with Crippen LogP contribution in [0.5, 0.6) is 5.75 Å². The average Bonchev–Trinajstić information content (AvgIpc) is 2.88. The van der Waals surface area contributed by atoms with Crippen LogP contribution in [0.3, 0.4) is 0 Å². The topological polar surface area (TPSA) is 65.9 Å². The second-order valence-corrected chi connectivity index (χ2v) is 7.01. The molecule has 1 atom stereocenters. The highest BCUT2D eigenvalue weighted by Crippen LogP contribution is 2.31. The second-order valence-electron chi connectivity index (χ2n) is 7.01. The molecule has 3 rings (SSSR count). The molecule has 0 radical (unpaired) electrons. The van der Waals surface area contributed by atoms with E-state index in [1.807, 2.05) is 49.6 Å². The number of hydrogen-bond acceptors (Lipinski definition) is 5. The van der Waals surface area contributed by atoms with Gasteiger partial charge in [-0.3, -0.25) is 19.6 Å². The second kappa shape index (κ2) is 8.97. The van der Waals surface area contributed by atoms with Crippen molar-refractivity contribution in [1.29, 1.82) is 0 Å². The Labute approximate surface area is 160 Å². The van der Waals surface area contributed by atoms with Crippen LogP contribution in [0.4, 0.5) is 0 Å². The number of carbonyl (C=O) groups is 1. The number of nitrogens with zero attached hydrogens (tertiary/aromatic N) is 3. The Morgan fingerprint density at radius 1 is 1.19 bits per heavy atom. The smallest absolute Gasteiger partial charge is 0.325 e. The molecule has 1 aromatic carbocycles. The molecule has 0 bridgehead atoms. The van der Waals surface area contributed by atoms with Gasteiger partial charge in [-0.2, -0.15) is 0 Å². The molecule has 6 nitrogen and oxygen atoms in total. The zero-order valence-electron chi connectivity index (χ0n) is 16.0. The van der Waals surface area contributed by atoms with E-state index in [2.05, 4.69) is 14.8 Å². The Bertz CT molecular complexity index is 767. The Balaban J connectivity index is 1.76. The maximum atomic E-state index is 12.1. The fourth-order valence-electron chi connectivity index (χ4n) is 3.71. The molecule has 1 fully saturated rings. The maximum absolute atomic E-state index is 12.1. The van der Waals surface area contributed by atoms with E-state index in [-0.39, 0.29) is 0 Å². The minimum absolute atomic E-state index is 0.630. The molecule has 0 aliphatic carbocycles. The molecule has 144 valence electrons. The van der Waals surface area contributed by atoms with Crippen LogP contribution in [0, 0.1) is 6.92 Å². The minimum atomic E-state index is -0.832. The highest BCUT2D eigenvalue weighted by atomic mass is 16.5. The van der Waals surface area contributed by atoms with Gasteiger partial charge in [-0.25, -0.2) is 0 Å². The lowest BCUT2D eigenvalue weighted by Gasteiger charge is -2.29. The molecule has 1 unspecified atom stereocenters. The molecule has 1 aliphatic heterocycles. The molecular weight excluding hydrogens is 342 g/mol. The van der Waals surface area contributed by atoms with Crippen molar-refractivity contribution in [2.45, 2.75) is 25.9 Å². The fraction of sp³-hybridized carbons (Fsp3) is 0.429. The van der Waals surface area contributed by atoms with Gasteiger partial charge in [-0.15, -0.1) is 0 Å². The van der Waals surface area contributed by atoms with Gasteiger partial charge < -0.3 is 9.84 Å². The molecule has 2 aromatic rings. The molecule has 0 spiro atoms. The summed E-state index contributed by atoms with van der Waals surface area (Å²) >= 11 is 0. The summed E-state index contributed by atoms with van der Waals surface area (Å²) in [4.78, 5) is 20.6. The first kappa shape index (κ1) is 19.3. The molecular formula is C21H27N3O3. The predicted octanol–water partition coefficient (Wildman–Crippen LogP) is 2.73. The van der Waals surface area contributed by atoms with Crippen molar-refractivity contribution < 1.29 is 14.6 Å². The van der Waals surface area contributed by atoms with Gasteiger partial charge in [0.1, 0.15) is 11.8 Å². The molecule has 1 aliphatic rings. The van der Waals surface area contributed by atoms with Crippen molar-refractivity contribution in [3.63, 3.8) is 0 Å². The van der Waals surface area contributed by atoms with E-state index in [0.29, 0.717) is 12.3 Å². The van der Waals surface area contributed by atoms with E-state index in [1.54, 1.807) is 7.11 Å². The van der Waals surface area contributed by atoms with E-state index in [4.69, 9.17) is 4.74 Å². The lowest BCUT2D eigenvalue weighted by atomic mass is 10.0. The zero-order chi connectivity index (χ0) is 19.2. The first-order chi connectivity index (χ1) is 13.1. The standard InChI is InChI=1S/C21H27N3O3/c1-16-4-5-19(27-2)18(14-16)20(21(25)26)24-11-3-10-23(12-13-24)15-17-6-8-22-9-7-17/h4-9,14,20H,3,10-13,15H2,1-2H3,(H,25,26). The third-order valence-corrected chi connectivity index (χ3v) is 5.06. The Morgan fingerprint density at radius 2 is 1.96 bits per heavy atom. The van der Waals surface area contributed by atoms with Crippen LogP contribution < -0.4 is 4.74 Å². The molecule has 0 saturated carbocycles. The maximum Gasteiger partial charge on any atom is 0.325 e. The number of aromatic nitrogens is 1. The summed E-state index contributed by atoms with van der Waals surface area (Å²) in [5.74, 6) is -0.202. The van der Waals surface area contributed by atoms with E-state index >= 15 is 0 Å². The lowest BCUT2D eigenvalue weighted by molar-refractivity contribution is -0.143. The number of carboxylic acid groups (broad SMARTS) is 1. The van der Waals surface area contributed by atoms with Crippen LogP contribution in [-0.2, 0) is 11.3 Å². The summed E-state index contributed by atoms with van der Waals surface area (Å²) in [6, 6.07) is 9.09. The van der Waals surface area contributed by atoms with Gasteiger partial charge in [-0.1, -0.05) is 17.7 Å². The monoisotopic (exact) mass is 369 g/mol. The molecule has 2 heterocycles. The minimum Gasteiger partial charge on any atom is -0.496 e. The van der Waals surface area contributed by atoms with Crippen molar-refractivity contribution in [2.24, 2.45) is 0 Å². The normalized spacial score (nSPS) is 17.3. The van der Waals surface area contributed by atoms with Gasteiger partial charge in [0, 0.05) is 44.1 Å². The van der Waals surface area contributed by atoms with E-state index in [9.17, 15) is 9.90 Å². The number of ether oxygens (including phenoxy) is 1. The SMILES string of the molecule is COc1ccc(C)cc1C(C(=O)O)N1CCCN(Cc2ccncc2)CC1. The molecule has 1 N–H and O–H groups in total. The van der Waals surface area contributed by atoms with Gasteiger partial charge in [0.05, 0.1) is 7.11 Å². The predicted molar refractivity (Wildman–Crippen MR) is 104 cm³/mol. The molecule has 1 aromatic heterocycles. The number of rotatable bonds is 6. The van der Waals surface area contributed by atoms with Crippen LogP contribution in [0.15, 0.2) is 42.7 Å². The number of methoxy groups -OCH3 is 1. The van der Waals surface area contributed by atoms with Crippen molar-refractivity contribution >= 4 is 5.97 Å². The fourth-order valence-corrected chi connectivity index (χ4v) is 3.71. The van der Waals surface area contributed by atoms with Crippen LogP contribution in [0.2, 0.25) is 0 Å². The largest absolute Gasteiger partial charge is 0.496 e. The van der Waals surface area contributed by atoms with E-state index < -0.39 is 12.0 Å². The van der Waals surface area contributed by atoms with Gasteiger partial charge in [-0.05, 0) is 43.7 Å². The third kappa shape index (κ3) is 4.84. The highest BCUT2D eigenvalue weighted by Gasteiger charge is 2.31. The number of aryl methyl sites for hydroxylation is 1. The Morgan fingerprint density at radius 3 is 2.67 bits per heavy atom. The molecule has 27 heavy (non-hydrogen) atoms. The first-order valence-corrected chi connectivity index (χ1v) is 9.31. The van der Waals surface area contributed by atoms with Crippen LogP contribution in [0.1, 0.15) is 29.2 Å². The summed E-state index contributed by atoms with van der Waals surface area (Å²) in [6.45, 7) is 6.08. The van der Waals surface area contributed by atoms with Crippen molar-refractivity contribution in [2.75, 3.05) is 33.3 Å². The van der Waals surface area contributed by atoms with Crippen molar-refractivity contribution in [1.82, 2.24) is 14.8 Å². The Hall–Kier alpha value is -2.44. The number of hydrogen-bond donors (Lipinski definition) is 1. The van der Waals surface area contributed by atoms with Gasteiger partial charge in [0.15, 0.2) is 0 Å². The summed E-state index contributed by atoms with van der Waals surface area (Å²) in [6.07, 6.45) is 4.55. The number of benzene rings is 1. The number of aliphatic carboxylic acids is 1. The van der Waals surface area contributed by atoms with Crippen molar-refractivity contribution in [3.05, 3.63) is 59.4 Å². The Kier molecular flexibility index (Phi) is 6.42. The number of carboxylic acids is 1. The van der Waals surface area contributed by atoms with Gasteiger partial charge in [0.2, 0.25) is 0 Å².